The minimum absolute atomic E-state index is 0.0835. The smallest absolute Gasteiger partial charge is 0.309 e. The number of carbonyl (C=O) groups excluding carboxylic acids is 2. The van der Waals surface area contributed by atoms with Crippen LogP contribution in [-0.2, 0) is 24.3 Å². The third-order valence-corrected chi connectivity index (χ3v) is 6.69. The zero-order chi connectivity index (χ0) is 22.6. The van der Waals surface area contributed by atoms with Crippen molar-refractivity contribution in [1.29, 1.82) is 0 Å². The molecule has 11 heteroatoms. The number of esters is 1. The number of sulfonamides is 1. The molecule has 31 heavy (non-hydrogen) atoms. The van der Waals surface area contributed by atoms with Crippen LogP contribution in [-0.4, -0.2) is 44.3 Å². The van der Waals surface area contributed by atoms with Gasteiger partial charge in [0.25, 0.3) is 5.91 Å². The van der Waals surface area contributed by atoms with E-state index < -0.39 is 56.8 Å². The molecule has 0 radical (unpaired) electrons. The summed E-state index contributed by atoms with van der Waals surface area (Å²) in [6.07, 6.45) is 0.211. The van der Waals surface area contributed by atoms with Crippen molar-refractivity contribution in [3.8, 4) is 0 Å². The van der Waals surface area contributed by atoms with Crippen molar-refractivity contribution < 1.29 is 35.9 Å². The number of anilines is 1. The van der Waals surface area contributed by atoms with Gasteiger partial charge in [-0.15, -0.1) is 0 Å². The molecule has 0 saturated carbocycles. The molecule has 0 atom stereocenters. The summed E-state index contributed by atoms with van der Waals surface area (Å²) in [6, 6.07) is 7.22. The Morgan fingerprint density at radius 2 is 1.61 bits per heavy atom. The van der Waals surface area contributed by atoms with Gasteiger partial charge in [0, 0.05) is 18.8 Å². The SMILES string of the molecule is O=C(COC(=O)C1CCN(S(=O)(=O)c2cc(F)ccc2F)CC1)Nc1ccc(F)cc1. The first kappa shape index (κ1) is 22.8. The summed E-state index contributed by atoms with van der Waals surface area (Å²) >= 11 is 0. The van der Waals surface area contributed by atoms with E-state index in [2.05, 4.69) is 5.32 Å². The van der Waals surface area contributed by atoms with Crippen molar-refractivity contribution in [2.45, 2.75) is 17.7 Å². The Morgan fingerprint density at radius 3 is 2.26 bits per heavy atom. The molecule has 0 bridgehead atoms. The van der Waals surface area contributed by atoms with Crippen molar-refractivity contribution in [3.63, 3.8) is 0 Å². The number of benzene rings is 2. The van der Waals surface area contributed by atoms with Crippen LogP contribution in [0.5, 0.6) is 0 Å². The molecule has 7 nitrogen and oxygen atoms in total. The van der Waals surface area contributed by atoms with E-state index in [1.54, 1.807) is 0 Å². The monoisotopic (exact) mass is 456 g/mol. The minimum Gasteiger partial charge on any atom is -0.455 e. The van der Waals surface area contributed by atoms with Gasteiger partial charge in [0.15, 0.2) is 6.61 Å². The van der Waals surface area contributed by atoms with Gasteiger partial charge in [-0.05, 0) is 55.3 Å². The number of ether oxygens (including phenoxy) is 1. The lowest BCUT2D eigenvalue weighted by atomic mass is 9.98. The van der Waals surface area contributed by atoms with Gasteiger partial charge in [0.1, 0.15) is 22.3 Å². The highest BCUT2D eigenvalue weighted by atomic mass is 32.2. The minimum atomic E-state index is -4.25. The van der Waals surface area contributed by atoms with Crippen molar-refractivity contribution >= 4 is 27.6 Å². The van der Waals surface area contributed by atoms with Crippen molar-refractivity contribution in [3.05, 3.63) is 59.9 Å². The molecule has 2 aromatic carbocycles. The number of hydrogen-bond acceptors (Lipinski definition) is 5. The predicted molar refractivity (Wildman–Crippen MR) is 104 cm³/mol. The van der Waals surface area contributed by atoms with Crippen LogP contribution in [0.4, 0.5) is 18.9 Å². The van der Waals surface area contributed by atoms with Gasteiger partial charge in [-0.1, -0.05) is 0 Å². The molecule has 3 rings (SSSR count). The quantitative estimate of drug-likeness (QED) is 0.675. The lowest BCUT2D eigenvalue weighted by Gasteiger charge is -2.30. The molecule has 1 heterocycles. The number of amides is 1. The molecule has 2 aromatic rings. The Morgan fingerprint density at radius 1 is 1.00 bits per heavy atom. The van der Waals surface area contributed by atoms with Crippen molar-refractivity contribution in [2.24, 2.45) is 5.92 Å². The summed E-state index contributed by atoms with van der Waals surface area (Å²) in [5.41, 5.74) is 0.338. The fourth-order valence-corrected chi connectivity index (χ4v) is 4.68. The normalized spacial score (nSPS) is 15.5. The first-order valence-corrected chi connectivity index (χ1v) is 10.8. The second kappa shape index (κ2) is 9.48. The lowest BCUT2D eigenvalue weighted by molar-refractivity contribution is -0.152. The summed E-state index contributed by atoms with van der Waals surface area (Å²) in [7, 11) is -4.25. The van der Waals surface area contributed by atoms with Gasteiger partial charge < -0.3 is 10.1 Å². The number of carbonyl (C=O) groups is 2. The van der Waals surface area contributed by atoms with E-state index in [-0.39, 0.29) is 25.9 Å². The summed E-state index contributed by atoms with van der Waals surface area (Å²) in [5, 5.41) is 2.45. The number of nitrogens with zero attached hydrogens (tertiary/aromatic N) is 1. The molecule has 0 unspecified atom stereocenters. The first-order valence-electron chi connectivity index (χ1n) is 9.34. The fourth-order valence-electron chi connectivity index (χ4n) is 3.13. The average molecular weight is 456 g/mol. The molecular formula is C20H19F3N2O5S. The second-order valence-electron chi connectivity index (χ2n) is 6.92. The van der Waals surface area contributed by atoms with Gasteiger partial charge in [-0.25, -0.2) is 21.6 Å². The van der Waals surface area contributed by atoms with Gasteiger partial charge >= 0.3 is 5.97 Å². The van der Waals surface area contributed by atoms with Crippen LogP contribution in [0.1, 0.15) is 12.8 Å². The Balaban J connectivity index is 1.50. The zero-order valence-electron chi connectivity index (χ0n) is 16.2. The molecule has 1 aliphatic heterocycles. The molecule has 1 aliphatic rings. The molecular weight excluding hydrogens is 437 g/mol. The van der Waals surface area contributed by atoms with Crippen LogP contribution < -0.4 is 5.32 Å². The van der Waals surface area contributed by atoms with E-state index >= 15 is 0 Å². The number of nitrogens with one attached hydrogen (secondary N) is 1. The molecule has 1 saturated heterocycles. The van der Waals surface area contributed by atoms with Crippen LogP contribution >= 0.6 is 0 Å². The third kappa shape index (κ3) is 5.61. The van der Waals surface area contributed by atoms with Gasteiger partial charge in [-0.3, -0.25) is 9.59 Å². The molecule has 0 aromatic heterocycles. The van der Waals surface area contributed by atoms with Gasteiger partial charge in [-0.2, -0.15) is 4.31 Å². The molecule has 0 spiro atoms. The second-order valence-corrected chi connectivity index (χ2v) is 8.82. The standard InChI is InChI=1S/C20H19F3N2O5S/c21-14-1-4-16(5-2-14)24-19(26)12-30-20(27)13-7-9-25(10-8-13)31(28,29)18-11-15(22)3-6-17(18)23/h1-6,11,13H,7-10,12H2,(H,24,26). The number of halogens is 3. The van der Waals surface area contributed by atoms with E-state index in [0.717, 1.165) is 16.4 Å². The summed E-state index contributed by atoms with van der Waals surface area (Å²) in [5.74, 6) is -4.31. The number of rotatable bonds is 6. The van der Waals surface area contributed by atoms with E-state index in [4.69, 9.17) is 4.74 Å². The maximum atomic E-state index is 13.9. The fraction of sp³-hybridized carbons (Fsp3) is 0.300. The van der Waals surface area contributed by atoms with E-state index in [0.29, 0.717) is 11.8 Å². The zero-order valence-corrected chi connectivity index (χ0v) is 17.0. The third-order valence-electron chi connectivity index (χ3n) is 4.77. The maximum absolute atomic E-state index is 13.9. The Kier molecular flexibility index (Phi) is 6.96. The lowest BCUT2D eigenvalue weighted by Crippen LogP contribution is -2.41. The largest absolute Gasteiger partial charge is 0.455 e. The molecule has 0 aliphatic carbocycles. The van der Waals surface area contributed by atoms with Crippen LogP contribution in [0.3, 0.4) is 0 Å². The molecule has 1 amide bonds. The highest BCUT2D eigenvalue weighted by Gasteiger charge is 2.34. The Labute approximate surface area is 176 Å². The van der Waals surface area contributed by atoms with Gasteiger partial charge in [0.2, 0.25) is 10.0 Å². The van der Waals surface area contributed by atoms with Crippen molar-refractivity contribution in [1.82, 2.24) is 4.31 Å². The number of hydrogen-bond donors (Lipinski definition) is 1. The first-order chi connectivity index (χ1) is 14.7. The van der Waals surface area contributed by atoms with E-state index in [1.165, 1.54) is 24.3 Å². The highest BCUT2D eigenvalue weighted by molar-refractivity contribution is 7.89. The maximum Gasteiger partial charge on any atom is 0.309 e. The summed E-state index contributed by atoms with van der Waals surface area (Å²) < 4.78 is 71.2. The summed E-state index contributed by atoms with van der Waals surface area (Å²) in [6.45, 7) is -0.719. The topological polar surface area (TPSA) is 92.8 Å². The molecule has 1 N–H and O–H groups in total. The van der Waals surface area contributed by atoms with Crippen LogP contribution in [0.15, 0.2) is 47.4 Å². The van der Waals surface area contributed by atoms with Crippen molar-refractivity contribution in [2.75, 3.05) is 25.0 Å². The van der Waals surface area contributed by atoms with Crippen LogP contribution in [0.2, 0.25) is 0 Å². The van der Waals surface area contributed by atoms with Gasteiger partial charge in [0.05, 0.1) is 5.92 Å². The Bertz CT molecular complexity index is 1070. The van der Waals surface area contributed by atoms with Crippen LogP contribution in [0, 0.1) is 23.4 Å². The average Bonchev–Trinajstić information content (AvgIpc) is 2.75. The highest BCUT2D eigenvalue weighted by Crippen LogP contribution is 2.26. The molecule has 1 fully saturated rings. The Hall–Kier alpha value is -2.92. The summed E-state index contributed by atoms with van der Waals surface area (Å²) in [4.78, 5) is 23.3. The predicted octanol–water partition coefficient (Wildman–Crippen LogP) is 2.69. The van der Waals surface area contributed by atoms with E-state index in [1.807, 2.05) is 0 Å². The van der Waals surface area contributed by atoms with Crippen LogP contribution in [0.25, 0.3) is 0 Å². The number of piperidine rings is 1. The van der Waals surface area contributed by atoms with E-state index in [9.17, 15) is 31.2 Å². The molecule has 166 valence electrons.